The Morgan fingerprint density at radius 1 is 1.10 bits per heavy atom. The smallest absolute Gasteiger partial charge is 0.243 e. The van der Waals surface area contributed by atoms with E-state index in [0.717, 1.165) is 23.0 Å². The molecule has 30 heavy (non-hydrogen) atoms. The summed E-state index contributed by atoms with van der Waals surface area (Å²) in [4.78, 5) is 7.14. The van der Waals surface area contributed by atoms with E-state index in [1.54, 1.807) is 36.6 Å². The van der Waals surface area contributed by atoms with E-state index in [9.17, 15) is 8.42 Å². The van der Waals surface area contributed by atoms with Crippen molar-refractivity contribution < 1.29 is 13.2 Å². The van der Waals surface area contributed by atoms with Gasteiger partial charge in [0.25, 0.3) is 0 Å². The molecule has 0 aliphatic carbocycles. The van der Waals surface area contributed by atoms with Crippen molar-refractivity contribution in [3.05, 3.63) is 70.2 Å². The summed E-state index contributed by atoms with van der Waals surface area (Å²) in [6.45, 7) is 2.05. The van der Waals surface area contributed by atoms with Gasteiger partial charge in [-0.3, -0.25) is 0 Å². The Kier molecular flexibility index (Phi) is 6.29. The Morgan fingerprint density at radius 2 is 1.83 bits per heavy atom. The lowest BCUT2D eigenvalue weighted by Gasteiger charge is -2.33. The Balaban J connectivity index is 1.38. The molecule has 0 amide bonds. The number of sulfonamides is 1. The summed E-state index contributed by atoms with van der Waals surface area (Å²) in [7, 11) is -1.88. The van der Waals surface area contributed by atoms with Crippen LogP contribution in [0.5, 0.6) is 5.75 Å². The lowest BCUT2D eigenvalue weighted by Crippen LogP contribution is -2.48. The molecule has 2 heterocycles. The Morgan fingerprint density at radius 3 is 2.50 bits per heavy atom. The molecule has 2 aromatic carbocycles. The van der Waals surface area contributed by atoms with Crippen molar-refractivity contribution in [1.29, 1.82) is 0 Å². The maximum atomic E-state index is 12.9. The summed E-state index contributed by atoms with van der Waals surface area (Å²) in [5.41, 5.74) is 2.18. The first-order chi connectivity index (χ1) is 14.5. The van der Waals surface area contributed by atoms with Gasteiger partial charge in [-0.25, -0.2) is 13.4 Å². The average molecular weight is 464 g/mol. The first-order valence-electron chi connectivity index (χ1n) is 9.54. The lowest BCUT2D eigenvalue weighted by molar-refractivity contribution is 0.384. The minimum absolute atomic E-state index is 0.236. The number of hydrogen-bond donors (Lipinski definition) is 0. The van der Waals surface area contributed by atoms with Gasteiger partial charge in [0.1, 0.15) is 5.75 Å². The van der Waals surface area contributed by atoms with Gasteiger partial charge in [-0.05, 0) is 35.9 Å². The van der Waals surface area contributed by atoms with E-state index in [0.29, 0.717) is 31.2 Å². The van der Waals surface area contributed by atoms with Crippen molar-refractivity contribution in [3.63, 3.8) is 0 Å². The molecule has 158 valence electrons. The molecule has 4 rings (SSSR count). The molecular weight excluding hydrogens is 442 g/mol. The molecule has 9 heteroatoms. The predicted molar refractivity (Wildman–Crippen MR) is 120 cm³/mol. The number of piperazine rings is 1. The Labute approximate surface area is 185 Å². The number of aromatic nitrogens is 1. The van der Waals surface area contributed by atoms with Gasteiger partial charge < -0.3 is 9.64 Å². The number of anilines is 1. The molecule has 0 spiro atoms. The second-order valence-electron chi connectivity index (χ2n) is 6.99. The molecule has 1 saturated heterocycles. The van der Waals surface area contributed by atoms with E-state index in [2.05, 4.69) is 10.3 Å². The minimum Gasteiger partial charge on any atom is -0.497 e. The van der Waals surface area contributed by atoms with Crippen molar-refractivity contribution in [2.45, 2.75) is 11.3 Å². The van der Waals surface area contributed by atoms with Gasteiger partial charge in [-0.2, -0.15) is 4.31 Å². The van der Waals surface area contributed by atoms with Gasteiger partial charge in [0.2, 0.25) is 10.0 Å². The summed E-state index contributed by atoms with van der Waals surface area (Å²) in [6, 6.07) is 14.4. The Bertz CT molecular complexity index is 1110. The monoisotopic (exact) mass is 463 g/mol. The highest BCUT2D eigenvalue weighted by Gasteiger charge is 2.29. The quantitative estimate of drug-likeness (QED) is 0.554. The number of benzene rings is 2. The van der Waals surface area contributed by atoms with Crippen LogP contribution in [0.4, 0.5) is 5.13 Å². The van der Waals surface area contributed by atoms with Gasteiger partial charge in [-0.15, -0.1) is 11.3 Å². The number of hydrogen-bond acceptors (Lipinski definition) is 6. The zero-order chi connectivity index (χ0) is 21.1. The summed E-state index contributed by atoms with van der Waals surface area (Å²) in [5.74, 6) is 0.836. The highest BCUT2D eigenvalue weighted by atomic mass is 35.5. The first kappa shape index (κ1) is 21.1. The molecular formula is C21H22ClN3O3S2. The molecule has 0 N–H and O–H groups in total. The average Bonchev–Trinajstić information content (AvgIpc) is 3.23. The van der Waals surface area contributed by atoms with Crippen molar-refractivity contribution >= 4 is 38.1 Å². The largest absolute Gasteiger partial charge is 0.497 e. The van der Waals surface area contributed by atoms with Crippen LogP contribution in [-0.4, -0.2) is 51.0 Å². The van der Waals surface area contributed by atoms with Crippen LogP contribution >= 0.6 is 22.9 Å². The fraction of sp³-hybridized carbons (Fsp3) is 0.286. The van der Waals surface area contributed by atoms with E-state index in [1.165, 1.54) is 15.9 Å². The van der Waals surface area contributed by atoms with Gasteiger partial charge in [-0.1, -0.05) is 29.8 Å². The molecule has 0 bridgehead atoms. The van der Waals surface area contributed by atoms with Crippen molar-refractivity contribution in [3.8, 4) is 5.75 Å². The lowest BCUT2D eigenvalue weighted by atomic mass is 10.1. The number of methoxy groups -OCH3 is 1. The first-order valence-corrected chi connectivity index (χ1v) is 12.2. The van der Waals surface area contributed by atoms with E-state index in [4.69, 9.17) is 21.3 Å². The standard InChI is InChI=1S/C21H22ClN3O3S2/c1-28-19-7-5-16(6-8-19)13-18-15-29-21(23-18)24-9-11-25(12-10-24)30(26,27)20-4-2-3-17(22)14-20/h2-8,14-15H,9-13H2,1H3. The number of ether oxygens (including phenoxy) is 1. The molecule has 0 radical (unpaired) electrons. The van der Waals surface area contributed by atoms with E-state index in [-0.39, 0.29) is 4.90 Å². The van der Waals surface area contributed by atoms with Crippen LogP contribution in [0.25, 0.3) is 0 Å². The van der Waals surface area contributed by atoms with E-state index < -0.39 is 10.0 Å². The zero-order valence-corrected chi connectivity index (χ0v) is 18.9. The maximum absolute atomic E-state index is 12.9. The third kappa shape index (κ3) is 4.62. The Hall–Kier alpha value is -2.13. The predicted octanol–water partition coefficient (Wildman–Crippen LogP) is 3.91. The van der Waals surface area contributed by atoms with Crippen LogP contribution in [0.3, 0.4) is 0 Å². The van der Waals surface area contributed by atoms with Crippen LogP contribution in [0, 0.1) is 0 Å². The molecule has 1 aromatic heterocycles. The topological polar surface area (TPSA) is 62.7 Å². The molecule has 3 aromatic rings. The normalized spacial score (nSPS) is 15.3. The van der Waals surface area contributed by atoms with Gasteiger partial charge >= 0.3 is 0 Å². The fourth-order valence-corrected chi connectivity index (χ4v) is 5.97. The van der Waals surface area contributed by atoms with E-state index >= 15 is 0 Å². The summed E-state index contributed by atoms with van der Waals surface area (Å²) in [6.07, 6.45) is 0.754. The summed E-state index contributed by atoms with van der Waals surface area (Å²) < 4.78 is 32.4. The third-order valence-electron chi connectivity index (χ3n) is 5.03. The van der Waals surface area contributed by atoms with Crippen LogP contribution in [0.15, 0.2) is 58.8 Å². The molecule has 0 atom stereocenters. The fourth-order valence-electron chi connectivity index (χ4n) is 3.37. The summed E-state index contributed by atoms with van der Waals surface area (Å²) >= 11 is 7.56. The number of thiazole rings is 1. The van der Waals surface area contributed by atoms with Gasteiger partial charge in [0.15, 0.2) is 5.13 Å². The highest BCUT2D eigenvalue weighted by molar-refractivity contribution is 7.89. The van der Waals surface area contributed by atoms with Crippen LogP contribution in [0.1, 0.15) is 11.3 Å². The van der Waals surface area contributed by atoms with Crippen LogP contribution in [0.2, 0.25) is 5.02 Å². The second kappa shape index (κ2) is 8.93. The third-order valence-corrected chi connectivity index (χ3v) is 8.11. The minimum atomic E-state index is -3.54. The summed E-state index contributed by atoms with van der Waals surface area (Å²) in [5, 5.41) is 3.41. The molecule has 1 aliphatic heterocycles. The SMILES string of the molecule is COc1ccc(Cc2csc(N3CCN(S(=O)(=O)c4cccc(Cl)c4)CC3)n2)cc1. The van der Waals surface area contributed by atoms with Gasteiger partial charge in [0, 0.05) is 43.0 Å². The molecule has 0 unspecified atom stereocenters. The van der Waals surface area contributed by atoms with Crippen molar-refractivity contribution in [2.24, 2.45) is 0 Å². The van der Waals surface area contributed by atoms with Gasteiger partial charge in [0.05, 0.1) is 17.7 Å². The zero-order valence-electron chi connectivity index (χ0n) is 16.5. The number of rotatable bonds is 6. The number of halogens is 1. The van der Waals surface area contributed by atoms with Crippen molar-refractivity contribution in [2.75, 3.05) is 38.2 Å². The maximum Gasteiger partial charge on any atom is 0.243 e. The molecule has 1 aliphatic rings. The highest BCUT2D eigenvalue weighted by Crippen LogP contribution is 2.26. The molecule has 6 nitrogen and oxygen atoms in total. The van der Waals surface area contributed by atoms with E-state index in [1.807, 2.05) is 24.3 Å². The molecule has 0 saturated carbocycles. The number of nitrogens with zero attached hydrogens (tertiary/aromatic N) is 3. The molecule has 1 fully saturated rings. The second-order valence-corrected chi connectivity index (χ2v) is 10.2. The van der Waals surface area contributed by atoms with Crippen LogP contribution in [-0.2, 0) is 16.4 Å². The van der Waals surface area contributed by atoms with Crippen molar-refractivity contribution in [1.82, 2.24) is 9.29 Å². The van der Waals surface area contributed by atoms with Crippen LogP contribution < -0.4 is 9.64 Å².